The van der Waals surface area contributed by atoms with E-state index < -0.39 is 6.16 Å². The molecule has 2 aromatic carbocycles. The smallest absolute Gasteiger partial charge is 0.434 e. The number of benzene rings is 2. The summed E-state index contributed by atoms with van der Waals surface area (Å²) in [5.41, 5.74) is 2.25. The third kappa shape index (κ3) is 8.97. The molecule has 0 N–H and O–H groups in total. The normalized spacial score (nSPS) is 15.1. The maximum Gasteiger partial charge on any atom is 0.508 e. The van der Waals surface area contributed by atoms with E-state index in [4.69, 9.17) is 18.9 Å². The Morgan fingerprint density at radius 1 is 0.667 bits per heavy atom. The number of carbonyl (C=O) groups is 1. The molecule has 5 nitrogen and oxygen atoms in total. The van der Waals surface area contributed by atoms with Crippen LogP contribution in [0.3, 0.4) is 0 Å². The van der Waals surface area contributed by atoms with Crippen LogP contribution in [0.2, 0.25) is 0 Å². The van der Waals surface area contributed by atoms with Gasteiger partial charge in [-0.05, 0) is 38.8 Å². The molecule has 2 rings (SSSR count). The number of hydrogen-bond acceptors (Lipinski definition) is 5. The second-order valence-corrected chi connectivity index (χ2v) is 7.52. The monoisotopic (exact) mass is 414 g/mol. The topological polar surface area (TPSA) is 54.0 Å². The van der Waals surface area contributed by atoms with Gasteiger partial charge in [0.05, 0.1) is 37.6 Å². The van der Waals surface area contributed by atoms with Gasteiger partial charge in [-0.1, -0.05) is 60.7 Å². The first-order valence-corrected chi connectivity index (χ1v) is 10.7. The van der Waals surface area contributed by atoms with Gasteiger partial charge in [0.25, 0.3) is 0 Å². The van der Waals surface area contributed by atoms with E-state index in [2.05, 4.69) is 0 Å². The van der Waals surface area contributed by atoms with Crippen molar-refractivity contribution in [2.75, 3.05) is 13.2 Å². The predicted molar refractivity (Wildman–Crippen MR) is 117 cm³/mol. The van der Waals surface area contributed by atoms with Crippen molar-refractivity contribution >= 4 is 6.16 Å². The average Bonchev–Trinajstić information content (AvgIpc) is 2.75. The molecule has 0 bridgehead atoms. The molecule has 5 heteroatoms. The average molecular weight is 415 g/mol. The minimum Gasteiger partial charge on any atom is -0.434 e. The van der Waals surface area contributed by atoms with Crippen LogP contribution in [-0.4, -0.2) is 31.6 Å². The number of rotatable bonds is 12. The second kappa shape index (κ2) is 13.0. The standard InChI is InChI=1S/C25H34O5/c1-19(29-21(3)23-11-7-5-8-12-23)15-17-27-25(26)28-18-16-20(2)30-22(4)24-13-9-6-10-14-24/h5-14,19-22H,15-18H2,1-4H3. The van der Waals surface area contributed by atoms with Crippen LogP contribution in [0.25, 0.3) is 0 Å². The zero-order valence-corrected chi connectivity index (χ0v) is 18.5. The minimum absolute atomic E-state index is 0.00656. The molecule has 4 atom stereocenters. The van der Waals surface area contributed by atoms with Crippen LogP contribution in [0.4, 0.5) is 4.79 Å². The van der Waals surface area contributed by atoms with Crippen molar-refractivity contribution in [3.05, 3.63) is 71.8 Å². The molecule has 0 saturated heterocycles. The van der Waals surface area contributed by atoms with Gasteiger partial charge in [-0.2, -0.15) is 0 Å². The maximum absolute atomic E-state index is 11.8. The summed E-state index contributed by atoms with van der Waals surface area (Å²) in [6, 6.07) is 20.1. The first-order chi connectivity index (χ1) is 14.5. The molecule has 0 spiro atoms. The third-order valence-corrected chi connectivity index (χ3v) is 4.90. The molecule has 164 valence electrons. The molecular weight excluding hydrogens is 380 g/mol. The molecule has 0 saturated carbocycles. The Morgan fingerprint density at radius 3 is 1.40 bits per heavy atom. The van der Waals surface area contributed by atoms with E-state index in [1.165, 1.54) is 0 Å². The molecule has 0 amide bonds. The fourth-order valence-corrected chi connectivity index (χ4v) is 3.10. The van der Waals surface area contributed by atoms with Gasteiger partial charge in [0, 0.05) is 12.8 Å². The Bertz CT molecular complexity index is 657. The Balaban J connectivity index is 1.55. The van der Waals surface area contributed by atoms with Crippen LogP contribution in [0.15, 0.2) is 60.7 Å². The summed E-state index contributed by atoms with van der Waals surface area (Å²) >= 11 is 0. The Hall–Kier alpha value is -2.37. The van der Waals surface area contributed by atoms with Gasteiger partial charge >= 0.3 is 6.16 Å². The first kappa shape index (κ1) is 23.9. The highest BCUT2D eigenvalue weighted by Crippen LogP contribution is 2.20. The molecule has 0 aromatic heterocycles. The molecule has 2 aromatic rings. The van der Waals surface area contributed by atoms with Gasteiger partial charge < -0.3 is 18.9 Å². The van der Waals surface area contributed by atoms with Crippen molar-refractivity contribution in [2.24, 2.45) is 0 Å². The molecule has 0 fully saturated rings. The fourth-order valence-electron chi connectivity index (χ4n) is 3.10. The molecule has 0 heterocycles. The lowest BCUT2D eigenvalue weighted by Gasteiger charge is -2.20. The van der Waals surface area contributed by atoms with E-state index in [1.54, 1.807) is 0 Å². The largest absolute Gasteiger partial charge is 0.508 e. The van der Waals surface area contributed by atoms with Crippen molar-refractivity contribution in [3.8, 4) is 0 Å². The van der Waals surface area contributed by atoms with Crippen LogP contribution in [0.5, 0.6) is 0 Å². The van der Waals surface area contributed by atoms with Crippen molar-refractivity contribution in [3.63, 3.8) is 0 Å². The lowest BCUT2D eigenvalue weighted by Crippen LogP contribution is -2.18. The molecule has 0 aliphatic carbocycles. The third-order valence-electron chi connectivity index (χ3n) is 4.90. The molecule has 0 aliphatic rings. The van der Waals surface area contributed by atoms with Crippen LogP contribution < -0.4 is 0 Å². The van der Waals surface area contributed by atoms with Crippen LogP contribution in [-0.2, 0) is 18.9 Å². The summed E-state index contributed by atoms with van der Waals surface area (Å²) in [6.45, 7) is 8.50. The lowest BCUT2D eigenvalue weighted by atomic mass is 10.1. The van der Waals surface area contributed by atoms with E-state index in [-0.39, 0.29) is 37.6 Å². The lowest BCUT2D eigenvalue weighted by molar-refractivity contribution is -0.0215. The Labute approximate surface area is 180 Å². The zero-order chi connectivity index (χ0) is 21.8. The number of carbonyl (C=O) groups excluding carboxylic acids is 1. The van der Waals surface area contributed by atoms with Gasteiger partial charge in [0.1, 0.15) is 0 Å². The Morgan fingerprint density at radius 2 is 1.03 bits per heavy atom. The van der Waals surface area contributed by atoms with E-state index in [0.29, 0.717) is 12.8 Å². The SMILES string of the molecule is CC(CCOC(=O)OCCC(C)OC(C)c1ccccc1)OC(C)c1ccccc1. The maximum atomic E-state index is 11.8. The van der Waals surface area contributed by atoms with Crippen LogP contribution >= 0.6 is 0 Å². The summed E-state index contributed by atoms with van der Waals surface area (Å²) in [6.07, 6.45) is 0.505. The number of ether oxygens (including phenoxy) is 4. The van der Waals surface area contributed by atoms with Crippen LogP contribution in [0, 0.1) is 0 Å². The summed E-state index contributed by atoms with van der Waals surface area (Å²) in [5, 5.41) is 0. The fraction of sp³-hybridized carbons (Fsp3) is 0.480. The van der Waals surface area contributed by atoms with Crippen molar-refractivity contribution < 1.29 is 23.7 Å². The molecule has 0 radical (unpaired) electrons. The van der Waals surface area contributed by atoms with E-state index in [0.717, 1.165) is 11.1 Å². The zero-order valence-electron chi connectivity index (χ0n) is 18.5. The molecule has 0 aliphatic heterocycles. The summed E-state index contributed by atoms with van der Waals surface area (Å²) in [7, 11) is 0. The van der Waals surface area contributed by atoms with Crippen LogP contribution in [0.1, 0.15) is 63.9 Å². The van der Waals surface area contributed by atoms with Gasteiger partial charge in [0.2, 0.25) is 0 Å². The van der Waals surface area contributed by atoms with Gasteiger partial charge in [-0.3, -0.25) is 0 Å². The molecule has 30 heavy (non-hydrogen) atoms. The first-order valence-electron chi connectivity index (χ1n) is 10.7. The predicted octanol–water partition coefficient (Wildman–Crippen LogP) is 6.25. The van der Waals surface area contributed by atoms with Gasteiger partial charge in [-0.15, -0.1) is 0 Å². The summed E-state index contributed by atoms with van der Waals surface area (Å²) in [4.78, 5) is 11.8. The van der Waals surface area contributed by atoms with Gasteiger partial charge in [0.15, 0.2) is 0 Å². The van der Waals surface area contributed by atoms with Crippen molar-refractivity contribution in [2.45, 2.75) is 65.0 Å². The van der Waals surface area contributed by atoms with Crippen molar-refractivity contribution in [1.29, 1.82) is 0 Å². The highest BCUT2D eigenvalue weighted by Gasteiger charge is 2.14. The highest BCUT2D eigenvalue weighted by atomic mass is 16.7. The number of hydrogen-bond donors (Lipinski definition) is 0. The summed E-state index contributed by atoms with van der Waals surface area (Å²) in [5.74, 6) is 0. The van der Waals surface area contributed by atoms with Crippen molar-refractivity contribution in [1.82, 2.24) is 0 Å². The van der Waals surface area contributed by atoms with E-state index >= 15 is 0 Å². The minimum atomic E-state index is -0.651. The van der Waals surface area contributed by atoms with Gasteiger partial charge in [-0.25, -0.2) is 4.79 Å². The second-order valence-electron chi connectivity index (χ2n) is 7.52. The summed E-state index contributed by atoms with van der Waals surface area (Å²) < 4.78 is 22.2. The molecular formula is C25H34O5. The quantitative estimate of drug-likeness (QED) is 0.384. The Kier molecular flexibility index (Phi) is 10.4. The molecule has 4 unspecified atom stereocenters. The highest BCUT2D eigenvalue weighted by molar-refractivity contribution is 5.59. The van der Waals surface area contributed by atoms with E-state index in [9.17, 15) is 4.79 Å². The van der Waals surface area contributed by atoms with E-state index in [1.807, 2.05) is 88.4 Å².